The Balaban J connectivity index is 1.15. The molecule has 268 valence electrons. The third kappa shape index (κ3) is 5.51. The van der Waals surface area contributed by atoms with Gasteiger partial charge < -0.3 is 14.5 Å². The molecule has 3 heteroatoms. The molecule has 0 atom stereocenters. The molecule has 0 spiro atoms. The lowest BCUT2D eigenvalue weighted by Crippen LogP contribution is -2.13. The maximum atomic E-state index is 7.06. The van der Waals surface area contributed by atoms with Gasteiger partial charge in [-0.05, 0) is 76.5 Å². The molecule has 0 amide bonds. The van der Waals surface area contributed by atoms with Gasteiger partial charge in [0.1, 0.15) is 11.5 Å². The lowest BCUT2D eigenvalue weighted by Gasteiger charge is -2.31. The fourth-order valence-corrected chi connectivity index (χ4v) is 8.69. The molecular weight excluding hydrogens is 693 g/mol. The molecule has 0 aliphatic carbocycles. The molecule has 0 aromatic heterocycles. The Kier molecular flexibility index (Phi) is 7.82. The zero-order chi connectivity index (χ0) is 37.7. The average molecular weight is 729 g/mol. The highest BCUT2D eigenvalue weighted by Gasteiger charge is 2.27. The highest BCUT2D eigenvalue weighted by molar-refractivity contribution is 6.28. The third-order valence-electron chi connectivity index (χ3n) is 11.2. The molecule has 0 fully saturated rings. The Morgan fingerprint density at radius 2 is 0.807 bits per heavy atom. The standard InChI is InChI=1S/C54H36N2O/c1-5-18-37(19-6-1)44-26-13-15-29-47(44)55(41-22-9-3-10-23-41)43-34-39-32-33-40-35-49(46-28-17-31-50-54(46)53(40)52(39)51(36-43)57-50)56(42-24-11-4-12-25-42)48-30-16-14-27-45(48)38-20-7-2-8-21-38/h1-36H. The Hall–Kier alpha value is -7.62. The summed E-state index contributed by atoms with van der Waals surface area (Å²) in [5.41, 5.74) is 11.2. The summed E-state index contributed by atoms with van der Waals surface area (Å²) >= 11 is 0. The molecule has 1 aliphatic rings. The van der Waals surface area contributed by atoms with E-state index in [1.54, 1.807) is 0 Å². The first-order chi connectivity index (χ1) is 28.3. The monoisotopic (exact) mass is 728 g/mol. The number of rotatable bonds is 8. The molecule has 0 radical (unpaired) electrons. The van der Waals surface area contributed by atoms with Crippen LogP contribution in [-0.2, 0) is 0 Å². The maximum Gasteiger partial charge on any atom is 0.138 e. The second-order valence-corrected chi connectivity index (χ2v) is 14.5. The number of anilines is 6. The molecule has 1 aliphatic heterocycles. The summed E-state index contributed by atoms with van der Waals surface area (Å²) in [7, 11) is 0. The van der Waals surface area contributed by atoms with Gasteiger partial charge in [-0.1, -0.05) is 158 Å². The SMILES string of the molecule is c1ccc(-c2ccccc2N(c2ccccc2)c2cc3c4c(ccc5cc(N(c6ccccc6)c6ccccc6-c6ccccc6)c6cccc(c6c54)O3)c2)cc1. The lowest BCUT2D eigenvalue weighted by atomic mass is 9.91. The summed E-state index contributed by atoms with van der Waals surface area (Å²) in [4.78, 5) is 4.76. The minimum atomic E-state index is 0.855. The molecule has 0 bridgehead atoms. The molecule has 10 aromatic carbocycles. The highest BCUT2D eigenvalue weighted by atomic mass is 16.5. The quantitative estimate of drug-likeness (QED) is 0.145. The summed E-state index contributed by atoms with van der Waals surface area (Å²) in [6.45, 7) is 0. The number of nitrogens with zero attached hydrogens (tertiary/aromatic N) is 2. The van der Waals surface area contributed by atoms with Crippen molar-refractivity contribution in [2.45, 2.75) is 0 Å². The fraction of sp³-hybridized carbons (Fsp3) is 0. The van der Waals surface area contributed by atoms with E-state index in [-0.39, 0.29) is 0 Å². The third-order valence-corrected chi connectivity index (χ3v) is 11.2. The Morgan fingerprint density at radius 1 is 0.298 bits per heavy atom. The normalized spacial score (nSPS) is 11.6. The van der Waals surface area contributed by atoms with Crippen LogP contribution < -0.4 is 14.5 Å². The van der Waals surface area contributed by atoms with E-state index in [9.17, 15) is 0 Å². The highest BCUT2D eigenvalue weighted by Crippen LogP contribution is 2.54. The van der Waals surface area contributed by atoms with E-state index in [1.165, 1.54) is 27.5 Å². The number of para-hydroxylation sites is 4. The smallest absolute Gasteiger partial charge is 0.138 e. The Morgan fingerprint density at radius 3 is 1.42 bits per heavy atom. The number of ether oxygens (including phenoxy) is 1. The molecule has 11 rings (SSSR count). The van der Waals surface area contributed by atoms with E-state index >= 15 is 0 Å². The van der Waals surface area contributed by atoms with Crippen LogP contribution in [0, 0.1) is 0 Å². The van der Waals surface area contributed by atoms with E-state index in [0.717, 1.165) is 72.7 Å². The van der Waals surface area contributed by atoms with Gasteiger partial charge >= 0.3 is 0 Å². The largest absolute Gasteiger partial charge is 0.456 e. The van der Waals surface area contributed by atoms with Crippen LogP contribution in [0.4, 0.5) is 34.1 Å². The zero-order valence-corrected chi connectivity index (χ0v) is 31.1. The summed E-state index contributed by atoms with van der Waals surface area (Å²) in [6.07, 6.45) is 0. The molecule has 1 heterocycles. The molecule has 10 aromatic rings. The van der Waals surface area contributed by atoms with Gasteiger partial charge in [-0.15, -0.1) is 0 Å². The van der Waals surface area contributed by atoms with Crippen LogP contribution in [0.2, 0.25) is 0 Å². The zero-order valence-electron chi connectivity index (χ0n) is 31.1. The van der Waals surface area contributed by atoms with E-state index in [0.29, 0.717) is 0 Å². The van der Waals surface area contributed by atoms with E-state index in [4.69, 9.17) is 4.74 Å². The number of hydrogen-bond acceptors (Lipinski definition) is 3. The number of hydrogen-bond donors (Lipinski definition) is 0. The van der Waals surface area contributed by atoms with E-state index < -0.39 is 0 Å². The van der Waals surface area contributed by atoms with Crippen LogP contribution >= 0.6 is 0 Å². The summed E-state index contributed by atoms with van der Waals surface area (Å²) < 4.78 is 7.06. The van der Waals surface area contributed by atoms with Crippen molar-refractivity contribution in [2.24, 2.45) is 0 Å². The van der Waals surface area contributed by atoms with Crippen molar-refractivity contribution in [3.63, 3.8) is 0 Å². The van der Waals surface area contributed by atoms with Crippen LogP contribution in [0.1, 0.15) is 0 Å². The van der Waals surface area contributed by atoms with Gasteiger partial charge in [0.25, 0.3) is 0 Å². The van der Waals surface area contributed by atoms with Crippen molar-refractivity contribution in [2.75, 3.05) is 9.80 Å². The van der Waals surface area contributed by atoms with E-state index in [2.05, 4.69) is 228 Å². The van der Waals surface area contributed by atoms with Crippen molar-refractivity contribution in [3.05, 3.63) is 218 Å². The van der Waals surface area contributed by atoms with Gasteiger partial charge in [-0.2, -0.15) is 0 Å². The van der Waals surface area contributed by atoms with Gasteiger partial charge in [0.2, 0.25) is 0 Å². The van der Waals surface area contributed by atoms with Crippen molar-refractivity contribution < 1.29 is 4.74 Å². The van der Waals surface area contributed by atoms with Gasteiger partial charge in [0.05, 0.1) is 22.7 Å². The topological polar surface area (TPSA) is 15.7 Å². The Labute approximate surface area is 331 Å². The van der Waals surface area contributed by atoms with Gasteiger partial charge in [0.15, 0.2) is 0 Å². The molecule has 0 saturated carbocycles. The summed E-state index contributed by atoms with van der Waals surface area (Å²) in [6, 6.07) is 77.9. The van der Waals surface area contributed by atoms with Crippen molar-refractivity contribution in [1.29, 1.82) is 0 Å². The average Bonchev–Trinajstić information content (AvgIpc) is 3.28. The van der Waals surface area contributed by atoms with Gasteiger partial charge in [0, 0.05) is 50.1 Å². The first-order valence-electron chi connectivity index (χ1n) is 19.4. The second-order valence-electron chi connectivity index (χ2n) is 14.5. The van der Waals surface area contributed by atoms with Crippen LogP contribution in [0.15, 0.2) is 218 Å². The molecule has 0 unspecified atom stereocenters. The lowest BCUT2D eigenvalue weighted by molar-refractivity contribution is 0.493. The minimum Gasteiger partial charge on any atom is -0.456 e. The van der Waals surface area contributed by atoms with Crippen LogP contribution in [0.5, 0.6) is 11.5 Å². The second kappa shape index (κ2) is 13.6. The van der Waals surface area contributed by atoms with Crippen molar-refractivity contribution in [1.82, 2.24) is 0 Å². The predicted molar refractivity (Wildman–Crippen MR) is 239 cm³/mol. The van der Waals surface area contributed by atoms with Crippen LogP contribution in [-0.4, -0.2) is 0 Å². The minimum absolute atomic E-state index is 0.855. The van der Waals surface area contributed by atoms with Crippen LogP contribution in [0.3, 0.4) is 0 Å². The van der Waals surface area contributed by atoms with Crippen molar-refractivity contribution >= 4 is 66.4 Å². The number of benzene rings is 10. The first-order valence-corrected chi connectivity index (χ1v) is 19.4. The molecule has 3 nitrogen and oxygen atoms in total. The van der Waals surface area contributed by atoms with Gasteiger partial charge in [-0.3, -0.25) is 0 Å². The van der Waals surface area contributed by atoms with Gasteiger partial charge in [-0.25, -0.2) is 0 Å². The maximum absolute atomic E-state index is 7.06. The molecular formula is C54H36N2O. The summed E-state index contributed by atoms with van der Waals surface area (Å²) in [5.74, 6) is 1.71. The summed E-state index contributed by atoms with van der Waals surface area (Å²) in [5, 5.41) is 6.91. The van der Waals surface area contributed by atoms with Crippen molar-refractivity contribution in [3.8, 4) is 33.8 Å². The fourth-order valence-electron chi connectivity index (χ4n) is 8.69. The molecule has 0 N–H and O–H groups in total. The van der Waals surface area contributed by atoms with E-state index in [1.807, 2.05) is 0 Å². The first kappa shape index (κ1) is 32.8. The van der Waals surface area contributed by atoms with Crippen LogP contribution in [0.25, 0.3) is 54.6 Å². The molecule has 0 saturated heterocycles. The Bertz CT molecular complexity index is 3090. The molecule has 57 heavy (non-hydrogen) atoms. The predicted octanol–water partition coefficient (Wildman–Crippen LogP) is 15.5.